The number of hydrogen-bond acceptors (Lipinski definition) is 5. The molecule has 0 atom stereocenters. The van der Waals surface area contributed by atoms with E-state index in [4.69, 9.17) is 10.1 Å². The van der Waals surface area contributed by atoms with E-state index in [9.17, 15) is 19.1 Å². The summed E-state index contributed by atoms with van der Waals surface area (Å²) in [4.78, 5) is 25.0. The third kappa shape index (κ3) is 4.46. The molecule has 0 radical (unpaired) electrons. The Hall–Kier alpha value is -3.68. The van der Waals surface area contributed by atoms with Gasteiger partial charge in [-0.05, 0) is 68.0 Å². The number of carboxylic acids is 1. The minimum atomic E-state index is -1.17. The van der Waals surface area contributed by atoms with Crippen LogP contribution in [0.25, 0.3) is 5.57 Å². The van der Waals surface area contributed by atoms with Gasteiger partial charge in [0.1, 0.15) is 11.6 Å². The zero-order chi connectivity index (χ0) is 23.6. The summed E-state index contributed by atoms with van der Waals surface area (Å²) in [6.07, 6.45) is 7.00. The van der Waals surface area contributed by atoms with Gasteiger partial charge in [-0.25, -0.2) is 9.18 Å². The zero-order valence-corrected chi connectivity index (χ0v) is 18.3. The van der Waals surface area contributed by atoms with Gasteiger partial charge in [0, 0.05) is 35.3 Å². The highest BCUT2D eigenvalue weighted by Gasteiger charge is 2.53. The maximum Gasteiger partial charge on any atom is 0.336 e. The minimum absolute atomic E-state index is 0.0321. The van der Waals surface area contributed by atoms with Gasteiger partial charge in [0.05, 0.1) is 18.1 Å². The highest BCUT2D eigenvalue weighted by atomic mass is 19.1. The lowest BCUT2D eigenvalue weighted by Crippen LogP contribution is -2.31. The highest BCUT2D eigenvalue weighted by Crippen LogP contribution is 2.50. The molecule has 7 nitrogen and oxygen atoms in total. The number of carboxylic acid groups (broad SMARTS) is 1. The van der Waals surface area contributed by atoms with E-state index in [2.05, 4.69) is 10.6 Å². The predicted octanol–water partition coefficient (Wildman–Crippen LogP) is 4.34. The van der Waals surface area contributed by atoms with Crippen LogP contribution in [0, 0.1) is 11.2 Å². The average Bonchev–Trinajstić information content (AvgIpc) is 3.58. The topological polar surface area (TPSA) is 112 Å². The van der Waals surface area contributed by atoms with Crippen LogP contribution >= 0.6 is 0 Å². The van der Waals surface area contributed by atoms with E-state index < -0.39 is 23.1 Å². The van der Waals surface area contributed by atoms with Crippen molar-refractivity contribution in [3.63, 3.8) is 0 Å². The number of rotatable bonds is 9. The van der Waals surface area contributed by atoms with Crippen molar-refractivity contribution in [1.29, 1.82) is 5.41 Å². The zero-order valence-electron chi connectivity index (χ0n) is 18.3. The molecule has 0 saturated heterocycles. The Balaban J connectivity index is 1.58. The van der Waals surface area contributed by atoms with Crippen LogP contribution in [0.4, 0.5) is 10.1 Å². The number of amides is 1. The molecule has 172 valence electrons. The van der Waals surface area contributed by atoms with Crippen molar-refractivity contribution >= 4 is 29.4 Å². The molecule has 0 heterocycles. The molecule has 1 amide bonds. The van der Waals surface area contributed by atoms with Crippen molar-refractivity contribution in [2.24, 2.45) is 0 Å². The number of anilines is 1. The summed E-state index contributed by atoms with van der Waals surface area (Å²) in [6.45, 7) is 0. The van der Waals surface area contributed by atoms with E-state index in [-0.39, 0.29) is 11.1 Å². The Bertz CT molecular complexity index is 1140. The summed E-state index contributed by atoms with van der Waals surface area (Å²) < 4.78 is 19.7. The van der Waals surface area contributed by atoms with E-state index in [1.165, 1.54) is 31.4 Å². The van der Waals surface area contributed by atoms with Crippen molar-refractivity contribution in [1.82, 2.24) is 5.32 Å². The summed E-state index contributed by atoms with van der Waals surface area (Å²) >= 11 is 0. The molecule has 0 spiro atoms. The molecular weight excluding hydrogens is 425 g/mol. The SMILES string of the molecule is COc1ccc(F)c(C2(C(=O)Nc3ccc(/C(C=N)=C/NC4CCC4)c(C(=O)O)c3)CC2)c1. The first-order valence-electron chi connectivity index (χ1n) is 10.9. The average molecular weight is 451 g/mol. The molecule has 8 heteroatoms. The molecule has 2 aromatic rings. The lowest BCUT2D eigenvalue weighted by Gasteiger charge is -2.26. The van der Waals surface area contributed by atoms with E-state index in [1.54, 1.807) is 18.3 Å². The van der Waals surface area contributed by atoms with Gasteiger partial charge in [0.15, 0.2) is 0 Å². The van der Waals surface area contributed by atoms with Crippen LogP contribution in [-0.4, -0.2) is 36.3 Å². The monoisotopic (exact) mass is 451 g/mol. The summed E-state index contributed by atoms with van der Waals surface area (Å²) in [5.74, 6) is -1.58. The highest BCUT2D eigenvalue weighted by molar-refractivity contribution is 6.12. The molecule has 2 aromatic carbocycles. The quantitative estimate of drug-likeness (QED) is 0.424. The summed E-state index contributed by atoms with van der Waals surface area (Å²) in [6, 6.07) is 9.19. The molecule has 2 aliphatic rings. The fraction of sp³-hybridized carbons (Fsp3) is 0.320. The van der Waals surface area contributed by atoms with Gasteiger partial charge in [0.2, 0.25) is 5.91 Å². The van der Waals surface area contributed by atoms with Gasteiger partial charge in [-0.1, -0.05) is 6.07 Å². The smallest absolute Gasteiger partial charge is 0.336 e. The Kier molecular flexibility index (Phi) is 6.18. The number of allylic oxidation sites excluding steroid dienone is 1. The largest absolute Gasteiger partial charge is 0.497 e. The fourth-order valence-corrected chi connectivity index (χ4v) is 4.02. The molecule has 2 fully saturated rings. The Morgan fingerprint density at radius 1 is 1.18 bits per heavy atom. The standard InChI is InChI=1S/C25H26FN3O4/c1-33-18-6-8-22(26)21(12-18)25(9-10-25)24(32)29-17-5-7-19(20(11-17)23(30)31)15(13-27)14-28-16-3-2-4-16/h5-8,11-14,16,27-28H,2-4,9-10H2,1H3,(H,29,32)(H,30,31)/b15-14+,27-13?. The third-order valence-corrected chi connectivity index (χ3v) is 6.43. The minimum Gasteiger partial charge on any atom is -0.497 e. The summed E-state index contributed by atoms with van der Waals surface area (Å²) in [7, 11) is 1.48. The second-order valence-corrected chi connectivity index (χ2v) is 8.49. The van der Waals surface area contributed by atoms with Crippen LogP contribution in [0.2, 0.25) is 0 Å². The first kappa shape index (κ1) is 22.5. The summed E-state index contributed by atoms with van der Waals surface area (Å²) in [5, 5.41) is 23.4. The van der Waals surface area contributed by atoms with E-state index in [1.807, 2.05) is 0 Å². The number of halogens is 1. The van der Waals surface area contributed by atoms with Gasteiger partial charge in [-0.2, -0.15) is 0 Å². The van der Waals surface area contributed by atoms with Gasteiger partial charge in [-0.15, -0.1) is 0 Å². The van der Waals surface area contributed by atoms with Gasteiger partial charge in [-0.3, -0.25) is 4.79 Å². The molecule has 2 aliphatic carbocycles. The van der Waals surface area contributed by atoms with Crippen molar-refractivity contribution < 1.29 is 23.8 Å². The molecule has 33 heavy (non-hydrogen) atoms. The van der Waals surface area contributed by atoms with Crippen LogP contribution in [0.3, 0.4) is 0 Å². The number of aromatic carboxylic acids is 1. The third-order valence-electron chi connectivity index (χ3n) is 6.43. The molecule has 0 bridgehead atoms. The van der Waals surface area contributed by atoms with Crippen LogP contribution in [-0.2, 0) is 10.2 Å². The van der Waals surface area contributed by atoms with Crippen LogP contribution in [0.15, 0.2) is 42.6 Å². The van der Waals surface area contributed by atoms with Crippen LogP contribution < -0.4 is 15.4 Å². The van der Waals surface area contributed by atoms with E-state index in [0.29, 0.717) is 41.5 Å². The van der Waals surface area contributed by atoms with Crippen LogP contribution in [0.5, 0.6) is 5.75 Å². The number of carbonyl (C=O) groups is 2. The van der Waals surface area contributed by atoms with Crippen molar-refractivity contribution in [2.45, 2.75) is 43.6 Å². The number of methoxy groups -OCH3 is 1. The van der Waals surface area contributed by atoms with E-state index >= 15 is 0 Å². The van der Waals surface area contributed by atoms with Gasteiger partial charge < -0.3 is 25.9 Å². The maximum absolute atomic E-state index is 14.5. The Morgan fingerprint density at radius 3 is 2.52 bits per heavy atom. The van der Waals surface area contributed by atoms with E-state index in [0.717, 1.165) is 25.5 Å². The second-order valence-electron chi connectivity index (χ2n) is 8.49. The van der Waals surface area contributed by atoms with Crippen LogP contribution in [0.1, 0.15) is 53.6 Å². The molecular formula is C25H26FN3O4. The lowest BCUT2D eigenvalue weighted by atomic mass is 9.93. The Labute approximate surface area is 191 Å². The maximum atomic E-state index is 14.5. The Morgan fingerprint density at radius 2 is 1.94 bits per heavy atom. The van der Waals surface area contributed by atoms with Crippen molar-refractivity contribution in [3.8, 4) is 5.75 Å². The molecule has 4 rings (SSSR count). The normalized spacial score (nSPS) is 17.0. The number of nitrogens with one attached hydrogen (secondary N) is 3. The molecule has 0 unspecified atom stereocenters. The molecule has 0 aromatic heterocycles. The number of benzene rings is 2. The number of carbonyl (C=O) groups excluding carboxylic acids is 1. The molecule has 4 N–H and O–H groups in total. The first-order chi connectivity index (χ1) is 15.9. The predicted molar refractivity (Wildman–Crippen MR) is 123 cm³/mol. The van der Waals surface area contributed by atoms with Gasteiger partial charge >= 0.3 is 5.97 Å². The number of ether oxygens (including phenoxy) is 1. The lowest BCUT2D eigenvalue weighted by molar-refractivity contribution is -0.118. The second kappa shape index (κ2) is 9.05. The number of hydrogen-bond donors (Lipinski definition) is 4. The fourth-order valence-electron chi connectivity index (χ4n) is 4.02. The first-order valence-corrected chi connectivity index (χ1v) is 10.9. The molecule has 0 aliphatic heterocycles. The summed E-state index contributed by atoms with van der Waals surface area (Å²) in [5.41, 5.74) is 0.345. The molecule has 2 saturated carbocycles. The van der Waals surface area contributed by atoms with Crippen molar-refractivity contribution in [2.75, 3.05) is 12.4 Å². The van der Waals surface area contributed by atoms with Gasteiger partial charge in [0.25, 0.3) is 0 Å². The van der Waals surface area contributed by atoms with Crippen molar-refractivity contribution in [3.05, 3.63) is 65.1 Å².